The molecule has 1 rings (SSSR count). The Bertz CT molecular complexity index is 379. The summed E-state index contributed by atoms with van der Waals surface area (Å²) in [6, 6.07) is 0.212. The first-order valence-corrected chi connectivity index (χ1v) is 6.63. The van der Waals surface area contributed by atoms with Crippen molar-refractivity contribution in [3.05, 3.63) is 0 Å². The van der Waals surface area contributed by atoms with E-state index >= 15 is 0 Å². The summed E-state index contributed by atoms with van der Waals surface area (Å²) in [5.74, 6) is -3.30. The molecule has 1 amide bonds. The van der Waals surface area contributed by atoms with Crippen molar-refractivity contribution in [1.29, 1.82) is 0 Å². The zero-order valence-electron chi connectivity index (χ0n) is 12.8. The van der Waals surface area contributed by atoms with Gasteiger partial charge in [0.25, 0.3) is 0 Å². The normalized spacial score (nSPS) is 21.9. The highest BCUT2D eigenvalue weighted by atomic mass is 16.6. The van der Waals surface area contributed by atoms with Crippen LogP contribution in [-0.4, -0.2) is 57.9 Å². The number of nitrogens with two attached hydrogens (primary N) is 1. The number of hydrogen-bond donors (Lipinski definition) is 3. The number of hydrogen-bond acceptors (Lipinski definition) is 5. The van der Waals surface area contributed by atoms with Crippen LogP contribution in [0, 0.1) is 5.92 Å². The van der Waals surface area contributed by atoms with E-state index in [9.17, 15) is 4.79 Å². The van der Waals surface area contributed by atoms with Gasteiger partial charge in [0.1, 0.15) is 5.60 Å². The van der Waals surface area contributed by atoms with E-state index in [1.54, 1.807) is 4.90 Å². The third kappa shape index (κ3) is 8.13. The van der Waals surface area contributed by atoms with E-state index in [1.165, 1.54) is 0 Å². The third-order valence-corrected chi connectivity index (χ3v) is 2.81. The number of piperidine rings is 1. The van der Waals surface area contributed by atoms with Crippen LogP contribution in [0.3, 0.4) is 0 Å². The molecule has 1 aliphatic heterocycles. The van der Waals surface area contributed by atoms with Crippen molar-refractivity contribution in [2.24, 2.45) is 11.7 Å². The maximum absolute atomic E-state index is 11.7. The Morgan fingerprint density at radius 1 is 1.19 bits per heavy atom. The van der Waals surface area contributed by atoms with Crippen LogP contribution in [0.25, 0.3) is 0 Å². The van der Waals surface area contributed by atoms with Crippen molar-refractivity contribution in [1.82, 2.24) is 4.90 Å². The van der Waals surface area contributed by atoms with Gasteiger partial charge in [0.15, 0.2) is 0 Å². The topological polar surface area (TPSA) is 130 Å². The second-order valence-corrected chi connectivity index (χ2v) is 5.97. The van der Waals surface area contributed by atoms with Crippen LogP contribution in [0.2, 0.25) is 0 Å². The Labute approximate surface area is 123 Å². The first-order chi connectivity index (χ1) is 9.44. The second kappa shape index (κ2) is 7.82. The molecule has 0 saturated carbocycles. The van der Waals surface area contributed by atoms with Gasteiger partial charge in [-0.15, -0.1) is 0 Å². The minimum absolute atomic E-state index is 0.212. The van der Waals surface area contributed by atoms with Crippen molar-refractivity contribution in [2.75, 3.05) is 13.1 Å². The predicted molar refractivity (Wildman–Crippen MR) is 74.8 cm³/mol. The maximum atomic E-state index is 11.7. The SMILES string of the molecule is C[C@@H]1CN(C(=O)OC(C)(C)C)CC[C@H]1N.O=C(O)C(=O)O. The molecule has 0 aromatic carbocycles. The van der Waals surface area contributed by atoms with Crippen LogP contribution >= 0.6 is 0 Å². The summed E-state index contributed by atoms with van der Waals surface area (Å²) >= 11 is 0. The molecule has 0 aliphatic carbocycles. The number of likely N-dealkylation sites (tertiary alicyclic amines) is 1. The van der Waals surface area contributed by atoms with Crippen molar-refractivity contribution in [3.63, 3.8) is 0 Å². The Morgan fingerprint density at radius 3 is 2.00 bits per heavy atom. The second-order valence-electron chi connectivity index (χ2n) is 5.97. The van der Waals surface area contributed by atoms with E-state index in [0.717, 1.165) is 6.42 Å². The summed E-state index contributed by atoms with van der Waals surface area (Å²) < 4.78 is 5.31. The largest absolute Gasteiger partial charge is 0.473 e. The van der Waals surface area contributed by atoms with E-state index in [-0.39, 0.29) is 12.1 Å². The number of carboxylic acids is 2. The molecule has 0 spiro atoms. The van der Waals surface area contributed by atoms with Gasteiger partial charge < -0.3 is 25.6 Å². The summed E-state index contributed by atoms with van der Waals surface area (Å²) in [6.07, 6.45) is 0.640. The van der Waals surface area contributed by atoms with Crippen LogP contribution < -0.4 is 5.73 Å². The molecule has 1 fully saturated rings. The highest BCUT2D eigenvalue weighted by Crippen LogP contribution is 2.17. The van der Waals surface area contributed by atoms with Crippen molar-refractivity contribution in [2.45, 2.75) is 45.8 Å². The molecule has 0 unspecified atom stereocenters. The summed E-state index contributed by atoms with van der Waals surface area (Å²) in [7, 11) is 0. The van der Waals surface area contributed by atoms with Gasteiger partial charge in [-0.3, -0.25) is 0 Å². The van der Waals surface area contributed by atoms with E-state index in [4.69, 9.17) is 30.3 Å². The molecule has 2 atom stereocenters. The molecule has 122 valence electrons. The molecular weight excluding hydrogens is 280 g/mol. The lowest BCUT2D eigenvalue weighted by Gasteiger charge is -2.35. The number of carbonyl (C=O) groups is 3. The molecule has 0 aromatic rings. The molecule has 4 N–H and O–H groups in total. The average Bonchev–Trinajstić information content (AvgIpc) is 2.31. The Balaban J connectivity index is 0.000000567. The molecule has 1 aliphatic rings. The Morgan fingerprint density at radius 2 is 1.67 bits per heavy atom. The molecule has 1 saturated heterocycles. The lowest BCUT2D eigenvalue weighted by Crippen LogP contribution is -2.49. The Hall–Kier alpha value is -1.83. The van der Waals surface area contributed by atoms with Gasteiger partial charge in [0.2, 0.25) is 0 Å². The van der Waals surface area contributed by atoms with Gasteiger partial charge in [0, 0.05) is 19.1 Å². The van der Waals surface area contributed by atoms with Crippen LogP contribution in [-0.2, 0) is 14.3 Å². The number of carboxylic acid groups (broad SMARTS) is 2. The summed E-state index contributed by atoms with van der Waals surface area (Å²) in [6.45, 7) is 9.12. The highest BCUT2D eigenvalue weighted by molar-refractivity contribution is 6.27. The van der Waals surface area contributed by atoms with Crippen LogP contribution in [0.4, 0.5) is 4.79 Å². The fraction of sp³-hybridized carbons (Fsp3) is 0.769. The monoisotopic (exact) mass is 304 g/mol. The molecule has 0 aromatic heterocycles. The van der Waals surface area contributed by atoms with Crippen LogP contribution in [0.1, 0.15) is 34.1 Å². The number of carbonyl (C=O) groups excluding carboxylic acids is 1. The minimum Gasteiger partial charge on any atom is -0.473 e. The van der Waals surface area contributed by atoms with Crippen molar-refractivity contribution in [3.8, 4) is 0 Å². The Kier molecular flexibility index (Phi) is 7.14. The fourth-order valence-corrected chi connectivity index (χ4v) is 1.66. The van der Waals surface area contributed by atoms with Crippen LogP contribution in [0.5, 0.6) is 0 Å². The van der Waals surface area contributed by atoms with Gasteiger partial charge >= 0.3 is 18.0 Å². The lowest BCUT2D eigenvalue weighted by atomic mass is 9.95. The predicted octanol–water partition coefficient (Wildman–Crippen LogP) is 0.746. The van der Waals surface area contributed by atoms with Gasteiger partial charge in [-0.1, -0.05) is 6.92 Å². The van der Waals surface area contributed by atoms with Gasteiger partial charge in [-0.25, -0.2) is 14.4 Å². The van der Waals surface area contributed by atoms with Gasteiger partial charge in [0.05, 0.1) is 0 Å². The number of rotatable bonds is 0. The molecule has 21 heavy (non-hydrogen) atoms. The van der Waals surface area contributed by atoms with Crippen LogP contribution in [0.15, 0.2) is 0 Å². The summed E-state index contributed by atoms with van der Waals surface area (Å²) in [5.41, 5.74) is 5.47. The molecule has 0 radical (unpaired) electrons. The fourth-order valence-electron chi connectivity index (χ4n) is 1.66. The summed E-state index contributed by atoms with van der Waals surface area (Å²) in [4.78, 5) is 31.7. The molecule has 8 nitrogen and oxygen atoms in total. The lowest BCUT2D eigenvalue weighted by molar-refractivity contribution is -0.159. The zero-order valence-corrected chi connectivity index (χ0v) is 12.8. The third-order valence-electron chi connectivity index (χ3n) is 2.81. The first kappa shape index (κ1) is 19.2. The van der Waals surface area contributed by atoms with Gasteiger partial charge in [-0.05, 0) is 33.1 Å². The quantitative estimate of drug-likeness (QED) is 0.563. The number of aliphatic carboxylic acids is 2. The molecule has 0 bridgehead atoms. The number of nitrogens with zero attached hydrogens (tertiary/aromatic N) is 1. The highest BCUT2D eigenvalue weighted by Gasteiger charge is 2.29. The van der Waals surface area contributed by atoms with E-state index in [1.807, 2.05) is 20.8 Å². The molecule has 1 heterocycles. The standard InChI is InChI=1S/C11H22N2O2.C2H2O4/c1-8-7-13(6-5-9(8)12)10(14)15-11(2,3)4;3-1(4)2(5)6/h8-9H,5-7,12H2,1-4H3;(H,3,4)(H,5,6)/t8-,9-;/m1./s1. The number of ether oxygens (including phenoxy) is 1. The maximum Gasteiger partial charge on any atom is 0.414 e. The molecule has 8 heteroatoms. The average molecular weight is 304 g/mol. The minimum atomic E-state index is -1.82. The zero-order chi connectivity index (χ0) is 16.8. The molecular formula is C13H24N2O6. The van der Waals surface area contributed by atoms with Gasteiger partial charge in [-0.2, -0.15) is 0 Å². The van der Waals surface area contributed by atoms with E-state index in [0.29, 0.717) is 19.0 Å². The smallest absolute Gasteiger partial charge is 0.414 e. The van der Waals surface area contributed by atoms with Crippen molar-refractivity contribution < 1.29 is 29.3 Å². The van der Waals surface area contributed by atoms with E-state index < -0.39 is 17.5 Å². The van der Waals surface area contributed by atoms with Crippen molar-refractivity contribution >= 4 is 18.0 Å². The first-order valence-electron chi connectivity index (χ1n) is 6.63. The van der Waals surface area contributed by atoms with E-state index in [2.05, 4.69) is 6.92 Å². The summed E-state index contributed by atoms with van der Waals surface area (Å²) in [5, 5.41) is 14.8. The number of amides is 1.